The Bertz CT molecular complexity index is 1220. The van der Waals surface area contributed by atoms with E-state index in [1.165, 1.54) is 0 Å². The molecule has 0 spiro atoms. The van der Waals surface area contributed by atoms with E-state index in [1.54, 1.807) is 21.3 Å². The summed E-state index contributed by atoms with van der Waals surface area (Å²) in [4.78, 5) is 4.77. The fourth-order valence-electron chi connectivity index (χ4n) is 3.51. The van der Waals surface area contributed by atoms with Gasteiger partial charge in [-0.3, -0.25) is 0 Å². The molecule has 7 nitrogen and oxygen atoms in total. The minimum Gasteiger partial charge on any atom is -0.497 e. The Morgan fingerprint density at radius 3 is 2.40 bits per heavy atom. The lowest BCUT2D eigenvalue weighted by Crippen LogP contribution is -2.02. The van der Waals surface area contributed by atoms with Crippen molar-refractivity contribution in [1.82, 2.24) is 14.6 Å². The molecule has 0 aliphatic heterocycles. The Hall–Kier alpha value is -3.74. The number of rotatable bonds is 6. The van der Waals surface area contributed by atoms with Gasteiger partial charge in [-0.25, -0.2) is 4.98 Å². The quantitative estimate of drug-likeness (QED) is 0.499. The highest BCUT2D eigenvalue weighted by Crippen LogP contribution is 2.36. The Morgan fingerprint density at radius 2 is 1.67 bits per heavy atom. The van der Waals surface area contributed by atoms with E-state index in [4.69, 9.17) is 24.3 Å². The van der Waals surface area contributed by atoms with E-state index >= 15 is 0 Å². The van der Waals surface area contributed by atoms with Crippen molar-refractivity contribution in [2.75, 3.05) is 26.6 Å². The molecule has 0 unspecified atom stereocenters. The number of benzene rings is 2. The van der Waals surface area contributed by atoms with Gasteiger partial charge in [-0.1, -0.05) is 12.1 Å². The molecule has 0 radical (unpaired) electrons. The number of hydrogen-bond donors (Lipinski definition) is 1. The second-order valence-corrected chi connectivity index (χ2v) is 6.91. The van der Waals surface area contributed by atoms with E-state index in [0.29, 0.717) is 11.5 Å². The zero-order valence-electron chi connectivity index (χ0n) is 17.7. The summed E-state index contributed by atoms with van der Waals surface area (Å²) in [6, 6.07) is 15.6. The largest absolute Gasteiger partial charge is 0.497 e. The van der Waals surface area contributed by atoms with Gasteiger partial charge in [0.1, 0.15) is 11.6 Å². The monoisotopic (exact) mass is 404 g/mol. The van der Waals surface area contributed by atoms with Crippen LogP contribution >= 0.6 is 0 Å². The molecule has 1 N–H and O–H groups in total. The van der Waals surface area contributed by atoms with E-state index in [1.807, 2.05) is 66.9 Å². The average molecular weight is 404 g/mol. The fraction of sp³-hybridized carbons (Fsp3) is 0.217. The molecule has 0 saturated carbocycles. The summed E-state index contributed by atoms with van der Waals surface area (Å²) in [6.07, 6.45) is 0. The minimum absolute atomic E-state index is 0.663. The zero-order chi connectivity index (χ0) is 21.3. The molecular weight excluding hydrogens is 380 g/mol. The third-order valence-electron chi connectivity index (χ3n) is 4.91. The van der Waals surface area contributed by atoms with Crippen molar-refractivity contribution in [1.29, 1.82) is 0 Å². The van der Waals surface area contributed by atoms with Crippen molar-refractivity contribution in [2.45, 2.75) is 13.8 Å². The molecule has 0 atom stereocenters. The lowest BCUT2D eigenvalue weighted by atomic mass is 10.1. The minimum atomic E-state index is 0.663. The molecule has 2 aromatic heterocycles. The average Bonchev–Trinajstić information content (AvgIpc) is 3.09. The van der Waals surface area contributed by atoms with Gasteiger partial charge in [-0.05, 0) is 43.7 Å². The van der Waals surface area contributed by atoms with E-state index in [2.05, 4.69) is 5.32 Å². The number of nitrogens with one attached hydrogen (secondary N) is 1. The first-order valence-corrected chi connectivity index (χ1v) is 9.54. The van der Waals surface area contributed by atoms with Gasteiger partial charge in [0.15, 0.2) is 17.1 Å². The van der Waals surface area contributed by atoms with E-state index in [9.17, 15) is 0 Å². The number of nitrogens with zero attached hydrogens (tertiary/aromatic N) is 3. The molecule has 0 aliphatic rings. The lowest BCUT2D eigenvalue weighted by molar-refractivity contribution is 0.355. The van der Waals surface area contributed by atoms with Crippen LogP contribution in [0.3, 0.4) is 0 Å². The second-order valence-electron chi connectivity index (χ2n) is 6.91. The van der Waals surface area contributed by atoms with Crippen molar-refractivity contribution >= 4 is 17.2 Å². The van der Waals surface area contributed by atoms with Crippen LogP contribution in [-0.4, -0.2) is 35.9 Å². The van der Waals surface area contributed by atoms with Crippen molar-refractivity contribution in [3.8, 4) is 28.4 Å². The standard InChI is InChI=1S/C23H24N4O3/c1-14-11-21(25-17-7-6-8-18(13-17)28-3)27-23(24-14)22(15(2)26-27)16-9-10-19(29-4)20(12-16)30-5/h6-13,25H,1-5H3. The van der Waals surface area contributed by atoms with Gasteiger partial charge >= 0.3 is 0 Å². The van der Waals surface area contributed by atoms with Gasteiger partial charge in [0.2, 0.25) is 0 Å². The van der Waals surface area contributed by atoms with Gasteiger partial charge in [-0.15, -0.1) is 0 Å². The molecule has 0 fully saturated rings. The molecule has 2 aromatic carbocycles. The predicted octanol–water partition coefficient (Wildman–Crippen LogP) is 4.78. The third-order valence-corrected chi connectivity index (χ3v) is 4.91. The van der Waals surface area contributed by atoms with Crippen LogP contribution in [0.25, 0.3) is 16.8 Å². The van der Waals surface area contributed by atoms with Gasteiger partial charge in [0.05, 0.1) is 27.0 Å². The smallest absolute Gasteiger partial charge is 0.165 e. The first-order valence-electron chi connectivity index (χ1n) is 9.54. The number of aromatic nitrogens is 3. The Balaban J connectivity index is 1.85. The maximum atomic E-state index is 5.48. The molecular formula is C23H24N4O3. The summed E-state index contributed by atoms with van der Waals surface area (Å²) in [5.41, 5.74) is 5.34. The summed E-state index contributed by atoms with van der Waals surface area (Å²) in [7, 11) is 4.91. The maximum absolute atomic E-state index is 5.48. The summed E-state index contributed by atoms with van der Waals surface area (Å²) in [6.45, 7) is 3.95. The summed E-state index contributed by atoms with van der Waals surface area (Å²) in [5.74, 6) is 2.95. The van der Waals surface area contributed by atoms with Gasteiger partial charge < -0.3 is 19.5 Å². The normalized spacial score (nSPS) is 10.8. The highest BCUT2D eigenvalue weighted by atomic mass is 16.5. The molecule has 0 aliphatic carbocycles. The van der Waals surface area contributed by atoms with Crippen molar-refractivity contribution in [3.05, 3.63) is 59.9 Å². The van der Waals surface area contributed by atoms with E-state index < -0.39 is 0 Å². The summed E-state index contributed by atoms with van der Waals surface area (Å²) >= 11 is 0. The van der Waals surface area contributed by atoms with Crippen LogP contribution in [0.1, 0.15) is 11.4 Å². The van der Waals surface area contributed by atoms with Crippen LogP contribution in [0.5, 0.6) is 17.2 Å². The van der Waals surface area contributed by atoms with Crippen LogP contribution in [0.2, 0.25) is 0 Å². The highest BCUT2D eigenvalue weighted by molar-refractivity contribution is 5.82. The second kappa shape index (κ2) is 7.94. The third kappa shape index (κ3) is 3.50. The molecule has 30 heavy (non-hydrogen) atoms. The summed E-state index contributed by atoms with van der Waals surface area (Å²) in [5, 5.41) is 8.19. The zero-order valence-corrected chi connectivity index (χ0v) is 17.7. The Labute approximate surface area is 175 Å². The SMILES string of the molecule is COc1cccc(Nc2cc(C)nc3c(-c4ccc(OC)c(OC)c4)c(C)nn23)c1. The van der Waals surface area contributed by atoms with Crippen LogP contribution in [0.4, 0.5) is 11.5 Å². The molecule has 0 saturated heterocycles. The van der Waals surface area contributed by atoms with Crippen LogP contribution in [0.15, 0.2) is 48.5 Å². The van der Waals surface area contributed by atoms with Crippen molar-refractivity contribution < 1.29 is 14.2 Å². The van der Waals surface area contributed by atoms with Crippen LogP contribution in [0, 0.1) is 13.8 Å². The highest BCUT2D eigenvalue weighted by Gasteiger charge is 2.18. The first-order chi connectivity index (χ1) is 14.5. The Morgan fingerprint density at radius 1 is 0.867 bits per heavy atom. The maximum Gasteiger partial charge on any atom is 0.165 e. The molecule has 4 rings (SSSR count). The number of anilines is 2. The number of methoxy groups -OCH3 is 3. The van der Waals surface area contributed by atoms with Gasteiger partial charge in [-0.2, -0.15) is 9.61 Å². The topological polar surface area (TPSA) is 69.9 Å². The van der Waals surface area contributed by atoms with Crippen LogP contribution < -0.4 is 19.5 Å². The molecule has 7 heteroatoms. The van der Waals surface area contributed by atoms with Gasteiger partial charge in [0.25, 0.3) is 0 Å². The fourth-order valence-corrected chi connectivity index (χ4v) is 3.51. The predicted molar refractivity (Wildman–Crippen MR) is 117 cm³/mol. The molecule has 154 valence electrons. The van der Waals surface area contributed by atoms with Crippen molar-refractivity contribution in [3.63, 3.8) is 0 Å². The number of ether oxygens (including phenoxy) is 3. The molecule has 4 aromatic rings. The van der Waals surface area contributed by atoms with E-state index in [-0.39, 0.29) is 0 Å². The molecule has 0 amide bonds. The number of fused-ring (bicyclic) bond motifs is 1. The number of aryl methyl sites for hydroxylation is 2. The molecule has 2 heterocycles. The molecule has 0 bridgehead atoms. The van der Waals surface area contributed by atoms with Gasteiger partial charge in [0, 0.05) is 29.1 Å². The van der Waals surface area contributed by atoms with Crippen molar-refractivity contribution in [2.24, 2.45) is 0 Å². The van der Waals surface area contributed by atoms with Crippen LogP contribution in [-0.2, 0) is 0 Å². The lowest BCUT2D eigenvalue weighted by Gasteiger charge is -2.11. The Kier molecular flexibility index (Phi) is 5.18. The first kappa shape index (κ1) is 19.6. The summed E-state index contributed by atoms with van der Waals surface area (Å²) < 4.78 is 18.0. The number of hydrogen-bond acceptors (Lipinski definition) is 6. The van der Waals surface area contributed by atoms with E-state index in [0.717, 1.165) is 45.4 Å².